The average molecular weight is 357 g/mol. The summed E-state index contributed by atoms with van der Waals surface area (Å²) in [7, 11) is 0. The average Bonchev–Trinajstić information content (AvgIpc) is 3.17. The van der Waals surface area contributed by atoms with Gasteiger partial charge in [0.1, 0.15) is 11.8 Å². The smallest absolute Gasteiger partial charge is 0.348 e. The Bertz CT molecular complexity index is 780. The Balaban J connectivity index is 1.70. The molecular weight excluding hydrogens is 334 g/mol. The fourth-order valence-corrected chi connectivity index (χ4v) is 3.23. The second-order valence-corrected chi connectivity index (χ2v) is 6.62. The van der Waals surface area contributed by atoms with E-state index in [1.807, 2.05) is 36.0 Å². The topological polar surface area (TPSA) is 84.7 Å². The molecule has 1 amide bonds. The number of aromatic nitrogens is 2. The van der Waals surface area contributed by atoms with Gasteiger partial charge in [0.05, 0.1) is 5.69 Å². The molecule has 3 rings (SSSR count). The van der Waals surface area contributed by atoms with Crippen molar-refractivity contribution in [3.05, 3.63) is 48.5 Å². The highest BCUT2D eigenvalue weighted by atomic mass is 16.5. The summed E-state index contributed by atoms with van der Waals surface area (Å²) in [4.78, 5) is 30.5. The molecule has 2 aromatic rings. The highest BCUT2D eigenvalue weighted by Gasteiger charge is 2.45. The highest BCUT2D eigenvalue weighted by molar-refractivity contribution is 5.82. The van der Waals surface area contributed by atoms with E-state index in [0.29, 0.717) is 24.5 Å². The molecule has 7 nitrogen and oxygen atoms in total. The van der Waals surface area contributed by atoms with Gasteiger partial charge in [-0.1, -0.05) is 0 Å². The molecule has 1 aliphatic heterocycles. The molecule has 0 aliphatic carbocycles. The third-order valence-electron chi connectivity index (χ3n) is 4.97. The van der Waals surface area contributed by atoms with Crippen molar-refractivity contribution in [2.45, 2.75) is 38.3 Å². The van der Waals surface area contributed by atoms with E-state index in [1.165, 1.54) is 0 Å². The molecule has 0 unspecified atom stereocenters. The molecule has 1 atom stereocenters. The van der Waals surface area contributed by atoms with E-state index in [0.717, 1.165) is 0 Å². The van der Waals surface area contributed by atoms with Crippen LogP contribution >= 0.6 is 0 Å². The molecule has 138 valence electrons. The van der Waals surface area contributed by atoms with Crippen LogP contribution in [0.3, 0.4) is 0 Å². The number of hydrogen-bond acceptors (Lipinski definition) is 4. The maximum absolute atomic E-state index is 12.7. The normalized spacial score (nSPS) is 17.5. The molecule has 0 spiro atoms. The van der Waals surface area contributed by atoms with Crippen LogP contribution in [0.5, 0.6) is 5.75 Å². The van der Waals surface area contributed by atoms with Gasteiger partial charge in [-0.25, -0.2) is 4.79 Å². The number of carbonyl (C=O) groups excluding carboxylic acids is 1. The maximum atomic E-state index is 12.7. The van der Waals surface area contributed by atoms with Crippen molar-refractivity contribution in [1.29, 1.82) is 0 Å². The largest absolute Gasteiger partial charge is 0.478 e. The van der Waals surface area contributed by atoms with E-state index in [2.05, 4.69) is 4.98 Å². The van der Waals surface area contributed by atoms with Gasteiger partial charge in [0, 0.05) is 44.5 Å². The molecule has 0 aromatic carbocycles. The summed E-state index contributed by atoms with van der Waals surface area (Å²) in [6.07, 6.45) is 5.81. The molecule has 1 fully saturated rings. The van der Waals surface area contributed by atoms with Gasteiger partial charge in [0.2, 0.25) is 11.5 Å². The summed E-state index contributed by atoms with van der Waals surface area (Å²) >= 11 is 0. The molecule has 1 saturated heterocycles. The van der Waals surface area contributed by atoms with Crippen LogP contribution in [0.25, 0.3) is 0 Å². The van der Waals surface area contributed by atoms with Gasteiger partial charge in [-0.2, -0.15) is 0 Å². The number of ether oxygens (including phenoxy) is 1. The van der Waals surface area contributed by atoms with Crippen LogP contribution < -0.4 is 4.74 Å². The van der Waals surface area contributed by atoms with Crippen LogP contribution in [0.15, 0.2) is 42.9 Å². The first-order valence-electron chi connectivity index (χ1n) is 8.68. The highest BCUT2D eigenvalue weighted by Crippen LogP contribution is 2.31. The third-order valence-corrected chi connectivity index (χ3v) is 4.97. The first kappa shape index (κ1) is 18.0. The van der Waals surface area contributed by atoms with Gasteiger partial charge in [0.15, 0.2) is 0 Å². The zero-order chi connectivity index (χ0) is 18.7. The van der Waals surface area contributed by atoms with E-state index in [1.54, 1.807) is 30.2 Å². The number of rotatable bonds is 5. The monoisotopic (exact) mass is 357 g/mol. The minimum Gasteiger partial charge on any atom is -0.478 e. The number of carboxylic acid groups (broad SMARTS) is 1. The summed E-state index contributed by atoms with van der Waals surface area (Å²) in [5, 5.41) is 9.77. The van der Waals surface area contributed by atoms with Crippen molar-refractivity contribution in [1.82, 2.24) is 14.5 Å². The first-order valence-corrected chi connectivity index (χ1v) is 8.68. The van der Waals surface area contributed by atoms with Gasteiger partial charge in [-0.15, -0.1) is 0 Å². The number of carboxylic acids is 1. The fourth-order valence-electron chi connectivity index (χ4n) is 3.23. The lowest BCUT2D eigenvalue weighted by Gasteiger charge is -2.39. The summed E-state index contributed by atoms with van der Waals surface area (Å²) in [6, 6.07) is 6.87. The van der Waals surface area contributed by atoms with Crippen LogP contribution in [-0.4, -0.2) is 50.1 Å². The van der Waals surface area contributed by atoms with E-state index >= 15 is 0 Å². The Morgan fingerprint density at radius 3 is 2.46 bits per heavy atom. The van der Waals surface area contributed by atoms with Gasteiger partial charge in [0.25, 0.3) is 0 Å². The van der Waals surface area contributed by atoms with E-state index in [-0.39, 0.29) is 24.8 Å². The molecule has 0 bridgehead atoms. The number of aryl methyl sites for hydroxylation is 1. The first-order chi connectivity index (χ1) is 12.4. The second-order valence-electron chi connectivity index (χ2n) is 6.62. The Labute approximate surface area is 152 Å². The van der Waals surface area contributed by atoms with Crippen LogP contribution in [0.4, 0.5) is 0 Å². The number of piperidine rings is 1. The van der Waals surface area contributed by atoms with Crippen LogP contribution in [-0.2, 0) is 9.59 Å². The van der Waals surface area contributed by atoms with Gasteiger partial charge in [-0.3, -0.25) is 9.78 Å². The van der Waals surface area contributed by atoms with E-state index in [9.17, 15) is 14.7 Å². The molecule has 1 N–H and O–H groups in total. The number of nitrogens with zero attached hydrogens (tertiary/aromatic N) is 3. The van der Waals surface area contributed by atoms with Gasteiger partial charge in [-0.05, 0) is 38.1 Å². The number of likely N-dealkylation sites (tertiary alicyclic amines) is 1. The summed E-state index contributed by atoms with van der Waals surface area (Å²) in [6.45, 7) is 4.31. The molecule has 2 aromatic heterocycles. The zero-order valence-corrected chi connectivity index (χ0v) is 15.0. The molecular formula is C19H23N3O4. The molecule has 3 heterocycles. The Kier molecular flexibility index (Phi) is 4.97. The predicted octanol–water partition coefficient (Wildman–Crippen LogP) is 2.28. The fraction of sp³-hybridized carbons (Fsp3) is 0.421. The number of pyridine rings is 1. The SMILES string of the molecule is Cc1ncccc1OC1(C(=O)O)CCN(C(=O)[C@@H](C)n2cccc2)CC1. The Morgan fingerprint density at radius 2 is 1.88 bits per heavy atom. The van der Waals surface area contributed by atoms with Crippen molar-refractivity contribution in [2.24, 2.45) is 0 Å². The lowest BCUT2D eigenvalue weighted by molar-refractivity contribution is -0.162. The van der Waals surface area contributed by atoms with Gasteiger partial charge >= 0.3 is 5.97 Å². The second kappa shape index (κ2) is 7.19. The summed E-state index contributed by atoms with van der Waals surface area (Å²) in [5.41, 5.74) is -0.686. The van der Waals surface area contributed by atoms with Gasteiger partial charge < -0.3 is 19.3 Å². The van der Waals surface area contributed by atoms with Crippen LogP contribution in [0.1, 0.15) is 31.5 Å². The summed E-state index contributed by atoms with van der Waals surface area (Å²) in [5.74, 6) is -0.556. The number of hydrogen-bond donors (Lipinski definition) is 1. The number of carbonyl (C=O) groups is 2. The van der Waals surface area contributed by atoms with Crippen molar-refractivity contribution in [2.75, 3.05) is 13.1 Å². The summed E-state index contributed by atoms with van der Waals surface area (Å²) < 4.78 is 7.73. The lowest BCUT2D eigenvalue weighted by atomic mass is 9.90. The minimum absolute atomic E-state index is 0.0160. The number of aliphatic carboxylic acids is 1. The van der Waals surface area contributed by atoms with Crippen molar-refractivity contribution >= 4 is 11.9 Å². The van der Waals surface area contributed by atoms with Crippen molar-refractivity contribution in [3.63, 3.8) is 0 Å². The van der Waals surface area contributed by atoms with E-state index in [4.69, 9.17) is 4.74 Å². The molecule has 26 heavy (non-hydrogen) atoms. The standard InChI is InChI=1S/C19H23N3O4/c1-14-16(6-5-9-20-14)26-19(18(24)25)7-12-22(13-8-19)17(23)15(2)21-10-3-4-11-21/h3-6,9-11,15H,7-8,12-13H2,1-2H3,(H,24,25)/t15-/m1/s1. The van der Waals surface area contributed by atoms with Crippen molar-refractivity contribution in [3.8, 4) is 5.75 Å². The molecule has 1 aliphatic rings. The molecule has 0 radical (unpaired) electrons. The van der Waals surface area contributed by atoms with Crippen LogP contribution in [0.2, 0.25) is 0 Å². The van der Waals surface area contributed by atoms with E-state index < -0.39 is 11.6 Å². The predicted molar refractivity (Wildman–Crippen MR) is 94.9 cm³/mol. The number of amides is 1. The zero-order valence-electron chi connectivity index (χ0n) is 15.0. The third kappa shape index (κ3) is 3.42. The Hall–Kier alpha value is -2.83. The van der Waals surface area contributed by atoms with Crippen LogP contribution in [0, 0.1) is 6.92 Å². The lowest BCUT2D eigenvalue weighted by Crippen LogP contribution is -2.55. The minimum atomic E-state index is -1.33. The Morgan fingerprint density at radius 1 is 1.23 bits per heavy atom. The van der Waals surface area contributed by atoms with Crippen molar-refractivity contribution < 1.29 is 19.4 Å². The molecule has 7 heteroatoms. The maximum Gasteiger partial charge on any atom is 0.348 e. The quantitative estimate of drug-likeness (QED) is 0.887. The molecule has 0 saturated carbocycles.